The lowest BCUT2D eigenvalue weighted by atomic mass is 10.3. The van der Waals surface area contributed by atoms with E-state index in [2.05, 4.69) is 50.7 Å². The normalized spacial score (nSPS) is 14.9. The van der Waals surface area contributed by atoms with Crippen LogP contribution < -0.4 is 0 Å². The van der Waals surface area contributed by atoms with Crippen LogP contribution in [0.4, 0.5) is 0 Å². The van der Waals surface area contributed by atoms with Crippen molar-refractivity contribution in [2.45, 2.75) is 52.3 Å². The Morgan fingerprint density at radius 3 is 2.00 bits per heavy atom. The molecule has 0 fully saturated rings. The van der Waals surface area contributed by atoms with Crippen LogP contribution in [0.3, 0.4) is 0 Å². The highest BCUT2D eigenvalue weighted by molar-refractivity contribution is 6.83. The molecule has 0 aliphatic rings. The van der Waals surface area contributed by atoms with Gasteiger partial charge in [-0.15, -0.1) is 5.54 Å². The molecule has 0 heterocycles. The lowest BCUT2D eigenvalue weighted by Gasteiger charge is -2.20. The van der Waals surface area contributed by atoms with E-state index >= 15 is 0 Å². The van der Waals surface area contributed by atoms with Crippen LogP contribution in [0.15, 0.2) is 11.8 Å². The number of rotatable bonds is 4. The third kappa shape index (κ3) is 10.4. The molecule has 0 aromatic heterocycles. The number of allylic oxidation sites excluding steroid dienone is 1. The summed E-state index contributed by atoms with van der Waals surface area (Å²) < 4.78 is 11.2. The molecule has 4 heteroatoms. The van der Waals surface area contributed by atoms with E-state index in [1.165, 1.54) is 0 Å². The van der Waals surface area contributed by atoms with Gasteiger partial charge < -0.3 is 9.16 Å². The highest BCUT2D eigenvalue weighted by Gasteiger charge is 2.16. The molecule has 0 saturated carbocycles. The SMILES string of the molecule is COC(C#C[Si](C)(C)C)/C=C(\C)O[Si](C)(C)C. The Balaban J connectivity index is 4.68. The van der Waals surface area contributed by atoms with Crippen LogP contribution in [0.2, 0.25) is 39.3 Å². The van der Waals surface area contributed by atoms with Crippen LogP contribution >= 0.6 is 0 Å². The maximum absolute atomic E-state index is 5.87. The molecular weight excluding hydrogens is 244 g/mol. The van der Waals surface area contributed by atoms with E-state index in [1.807, 2.05) is 13.0 Å². The standard InChI is InChI=1S/C13H26O2Si2/c1-12(15-17(6,7)8)11-13(14-2)9-10-16(3,4)5/h11,13H,1-8H3/b12-11+. The summed E-state index contributed by atoms with van der Waals surface area (Å²) in [6.45, 7) is 15.1. The second kappa shape index (κ2) is 6.43. The van der Waals surface area contributed by atoms with Gasteiger partial charge in [-0.2, -0.15) is 0 Å². The molecule has 0 saturated heterocycles. The zero-order valence-electron chi connectivity index (χ0n) is 12.5. The van der Waals surface area contributed by atoms with Gasteiger partial charge in [-0.3, -0.25) is 0 Å². The molecule has 0 aromatic rings. The van der Waals surface area contributed by atoms with Gasteiger partial charge in [-0.1, -0.05) is 25.6 Å². The van der Waals surface area contributed by atoms with E-state index in [9.17, 15) is 0 Å². The van der Waals surface area contributed by atoms with E-state index in [0.29, 0.717) is 0 Å². The summed E-state index contributed by atoms with van der Waals surface area (Å²) >= 11 is 0. The molecule has 0 aromatic carbocycles. The van der Waals surface area contributed by atoms with Crippen LogP contribution in [-0.4, -0.2) is 29.6 Å². The minimum atomic E-state index is -1.52. The Bertz CT molecular complexity index is 324. The molecule has 0 spiro atoms. The summed E-state index contributed by atoms with van der Waals surface area (Å²) in [4.78, 5) is 0. The van der Waals surface area contributed by atoms with Crippen molar-refractivity contribution in [1.29, 1.82) is 0 Å². The smallest absolute Gasteiger partial charge is 0.241 e. The summed E-state index contributed by atoms with van der Waals surface area (Å²) in [7, 11) is -1.18. The second-order valence-corrected chi connectivity index (χ2v) is 15.3. The van der Waals surface area contributed by atoms with Crippen LogP contribution in [0.1, 0.15) is 6.92 Å². The molecule has 1 unspecified atom stereocenters. The van der Waals surface area contributed by atoms with Crippen LogP contribution in [0.5, 0.6) is 0 Å². The van der Waals surface area contributed by atoms with Gasteiger partial charge in [-0.05, 0) is 32.6 Å². The van der Waals surface area contributed by atoms with Crippen molar-refractivity contribution < 1.29 is 9.16 Å². The summed E-state index contributed by atoms with van der Waals surface area (Å²) in [5, 5.41) is 0. The van der Waals surface area contributed by atoms with Crippen LogP contribution in [0.25, 0.3) is 0 Å². The molecule has 0 amide bonds. The molecule has 17 heavy (non-hydrogen) atoms. The third-order valence-electron chi connectivity index (χ3n) is 1.70. The van der Waals surface area contributed by atoms with E-state index in [4.69, 9.17) is 9.16 Å². The monoisotopic (exact) mass is 270 g/mol. The predicted octanol–water partition coefficient (Wildman–Crippen LogP) is 3.64. The minimum Gasteiger partial charge on any atom is -0.548 e. The largest absolute Gasteiger partial charge is 0.548 e. The zero-order valence-corrected chi connectivity index (χ0v) is 14.5. The zero-order chi connectivity index (χ0) is 13.7. The summed E-state index contributed by atoms with van der Waals surface area (Å²) in [5.41, 5.74) is 3.32. The van der Waals surface area contributed by atoms with E-state index in [-0.39, 0.29) is 6.10 Å². The maximum atomic E-state index is 5.87. The third-order valence-corrected chi connectivity index (χ3v) is 3.53. The predicted molar refractivity (Wildman–Crippen MR) is 80.1 cm³/mol. The first kappa shape index (κ1) is 16.5. The molecule has 0 rings (SSSR count). The van der Waals surface area contributed by atoms with Gasteiger partial charge >= 0.3 is 0 Å². The molecule has 1 atom stereocenters. The van der Waals surface area contributed by atoms with Gasteiger partial charge in [0.2, 0.25) is 8.32 Å². The highest BCUT2D eigenvalue weighted by Crippen LogP contribution is 2.11. The van der Waals surface area contributed by atoms with Crippen LogP contribution in [-0.2, 0) is 9.16 Å². The molecule has 0 aliphatic carbocycles. The molecule has 0 bridgehead atoms. The second-order valence-electron chi connectivity index (χ2n) is 6.17. The lowest BCUT2D eigenvalue weighted by Crippen LogP contribution is -2.24. The molecule has 0 radical (unpaired) electrons. The van der Waals surface area contributed by atoms with Crippen molar-refractivity contribution in [3.05, 3.63) is 11.8 Å². The first-order valence-electron chi connectivity index (χ1n) is 5.96. The summed E-state index contributed by atoms with van der Waals surface area (Å²) in [6, 6.07) is 0. The average molecular weight is 271 g/mol. The van der Waals surface area contributed by atoms with Gasteiger partial charge in [0.25, 0.3) is 0 Å². The molecule has 0 N–H and O–H groups in total. The fourth-order valence-electron chi connectivity index (χ4n) is 1.19. The Kier molecular flexibility index (Phi) is 6.24. The van der Waals surface area contributed by atoms with E-state index < -0.39 is 16.4 Å². The lowest BCUT2D eigenvalue weighted by molar-refractivity contribution is 0.181. The minimum absolute atomic E-state index is 0.155. The summed E-state index contributed by atoms with van der Waals surface area (Å²) in [5.74, 6) is 4.09. The Morgan fingerprint density at radius 1 is 1.12 bits per heavy atom. The summed E-state index contributed by atoms with van der Waals surface area (Å²) in [6.07, 6.45) is 1.81. The number of hydrogen-bond donors (Lipinski definition) is 0. The average Bonchev–Trinajstić information content (AvgIpc) is 2.07. The molecule has 98 valence electrons. The maximum Gasteiger partial charge on any atom is 0.241 e. The van der Waals surface area contributed by atoms with Crippen molar-refractivity contribution >= 4 is 16.4 Å². The number of ether oxygens (including phenoxy) is 1. The van der Waals surface area contributed by atoms with E-state index in [0.717, 1.165) is 5.76 Å². The van der Waals surface area contributed by atoms with E-state index in [1.54, 1.807) is 7.11 Å². The van der Waals surface area contributed by atoms with Crippen LogP contribution in [0, 0.1) is 11.5 Å². The first-order valence-corrected chi connectivity index (χ1v) is 12.9. The Labute approximate surface area is 109 Å². The topological polar surface area (TPSA) is 18.5 Å². The fraction of sp³-hybridized carbons (Fsp3) is 0.692. The Hall–Kier alpha value is -0.506. The molecular formula is C13H26O2Si2. The Morgan fingerprint density at radius 2 is 1.65 bits per heavy atom. The van der Waals surface area contributed by atoms with Gasteiger partial charge in [0.15, 0.2) is 0 Å². The van der Waals surface area contributed by atoms with Gasteiger partial charge in [0, 0.05) is 7.11 Å². The van der Waals surface area contributed by atoms with Crippen molar-refractivity contribution in [3.8, 4) is 11.5 Å². The molecule has 0 aliphatic heterocycles. The van der Waals surface area contributed by atoms with Crippen molar-refractivity contribution in [2.75, 3.05) is 7.11 Å². The van der Waals surface area contributed by atoms with Gasteiger partial charge in [0.1, 0.15) is 14.2 Å². The number of methoxy groups -OCH3 is 1. The number of hydrogen-bond acceptors (Lipinski definition) is 2. The molecule has 2 nitrogen and oxygen atoms in total. The van der Waals surface area contributed by atoms with Crippen molar-refractivity contribution in [3.63, 3.8) is 0 Å². The van der Waals surface area contributed by atoms with Crippen molar-refractivity contribution in [2.24, 2.45) is 0 Å². The van der Waals surface area contributed by atoms with Gasteiger partial charge in [0.05, 0.1) is 5.76 Å². The fourth-order valence-corrected chi connectivity index (χ4v) is 2.80. The highest BCUT2D eigenvalue weighted by atomic mass is 28.4. The quantitative estimate of drug-likeness (QED) is 0.441. The first-order chi connectivity index (χ1) is 7.53. The van der Waals surface area contributed by atoms with Gasteiger partial charge in [-0.25, -0.2) is 0 Å². The van der Waals surface area contributed by atoms with Crippen molar-refractivity contribution in [1.82, 2.24) is 0 Å².